The number of nitrogen functional groups attached to an aromatic ring is 1. The van der Waals surface area contributed by atoms with Crippen LogP contribution in [0.15, 0.2) is 97.2 Å². The van der Waals surface area contributed by atoms with Gasteiger partial charge in [-0.1, -0.05) is 54.6 Å². The summed E-state index contributed by atoms with van der Waals surface area (Å²) in [6.45, 7) is 1.98. The number of halogens is 2. The van der Waals surface area contributed by atoms with Crippen LogP contribution in [0.3, 0.4) is 0 Å². The molecule has 1 aromatic heterocycles. The Morgan fingerprint density at radius 1 is 0.667 bits per heavy atom. The lowest BCUT2D eigenvalue weighted by Gasteiger charge is -2.27. The SMILES string of the molecule is Cc1nc(N)c(C[P+](c2ccccc2)(c2ccccc2)c2ccccc2)c[n+]1C.[O-][Cl+3]([O-])([O-])[O-].[O-][Cl+3]([O-])([O-])[O-]. The molecular formula is C25H26Cl2N3O8P. The van der Waals surface area contributed by atoms with Crippen LogP contribution in [0, 0.1) is 27.4 Å². The van der Waals surface area contributed by atoms with E-state index in [4.69, 9.17) is 43.0 Å². The molecule has 0 radical (unpaired) electrons. The third kappa shape index (κ3) is 10.7. The van der Waals surface area contributed by atoms with Crippen LogP contribution in [0.1, 0.15) is 11.4 Å². The van der Waals surface area contributed by atoms with Gasteiger partial charge in [-0.15, -0.1) is 20.5 Å². The van der Waals surface area contributed by atoms with E-state index < -0.39 is 27.7 Å². The van der Waals surface area contributed by atoms with Gasteiger partial charge in [0.2, 0.25) is 5.82 Å². The Morgan fingerprint density at radius 3 is 1.28 bits per heavy atom. The maximum absolute atomic E-state index is 8.49. The lowest BCUT2D eigenvalue weighted by molar-refractivity contribution is -2.00. The fraction of sp³-hybridized carbons (Fsp3) is 0.120. The van der Waals surface area contributed by atoms with Crippen molar-refractivity contribution >= 4 is 29.0 Å². The van der Waals surface area contributed by atoms with E-state index in [1.807, 2.05) is 14.0 Å². The quantitative estimate of drug-likeness (QED) is 0.169. The van der Waals surface area contributed by atoms with Crippen molar-refractivity contribution in [2.24, 2.45) is 7.05 Å². The minimum absolute atomic E-state index is 0.618. The van der Waals surface area contributed by atoms with E-state index in [2.05, 4.69) is 107 Å². The van der Waals surface area contributed by atoms with E-state index in [-0.39, 0.29) is 0 Å². The molecule has 14 heteroatoms. The van der Waals surface area contributed by atoms with Crippen LogP contribution in [-0.2, 0) is 13.2 Å². The number of hydrogen-bond donors (Lipinski definition) is 1. The highest BCUT2D eigenvalue weighted by molar-refractivity contribution is 7.95. The highest BCUT2D eigenvalue weighted by Crippen LogP contribution is 2.58. The number of nitrogens with zero attached hydrogens (tertiary/aromatic N) is 2. The lowest BCUT2D eigenvalue weighted by atomic mass is 10.3. The molecule has 4 rings (SSSR count). The molecule has 0 aliphatic rings. The highest BCUT2D eigenvalue weighted by atomic mass is 35.7. The van der Waals surface area contributed by atoms with Gasteiger partial charge in [-0.2, -0.15) is 0 Å². The number of aryl methyl sites for hydroxylation is 2. The number of benzene rings is 3. The van der Waals surface area contributed by atoms with Gasteiger partial charge in [0.15, 0.2) is 0 Å². The van der Waals surface area contributed by atoms with E-state index in [9.17, 15) is 0 Å². The second kappa shape index (κ2) is 14.0. The normalized spacial score (nSPS) is 11.5. The maximum Gasteiger partial charge on any atom is 0.297 e. The Kier molecular flexibility index (Phi) is 11.7. The van der Waals surface area contributed by atoms with Crippen LogP contribution >= 0.6 is 7.26 Å². The molecule has 39 heavy (non-hydrogen) atoms. The molecule has 0 fully saturated rings. The predicted octanol–water partition coefficient (Wildman–Crippen LogP) is -6.22. The van der Waals surface area contributed by atoms with Gasteiger partial charge in [0, 0.05) is 6.92 Å². The Labute approximate surface area is 230 Å². The van der Waals surface area contributed by atoms with Gasteiger partial charge in [0.05, 0.1) is 12.6 Å². The van der Waals surface area contributed by atoms with E-state index in [1.165, 1.54) is 15.9 Å². The average molecular weight is 598 g/mol. The molecule has 0 unspecified atom stereocenters. The smallest absolute Gasteiger partial charge is 0.297 e. The van der Waals surface area contributed by atoms with Gasteiger partial charge in [0.1, 0.15) is 35.5 Å². The summed E-state index contributed by atoms with van der Waals surface area (Å²) in [5, 5.41) is 4.04. The first-order valence-corrected chi connectivity index (χ1v) is 15.5. The molecular weight excluding hydrogens is 572 g/mol. The van der Waals surface area contributed by atoms with Crippen LogP contribution in [0.2, 0.25) is 0 Å². The Morgan fingerprint density at radius 2 is 0.974 bits per heavy atom. The summed E-state index contributed by atoms with van der Waals surface area (Å²) in [5.41, 5.74) is 7.51. The summed E-state index contributed by atoms with van der Waals surface area (Å²) in [5.74, 6) is 1.53. The number of anilines is 1. The zero-order chi connectivity index (χ0) is 29.3. The molecule has 11 nitrogen and oxygen atoms in total. The summed E-state index contributed by atoms with van der Waals surface area (Å²) in [6.07, 6.45) is 2.97. The molecule has 0 atom stereocenters. The third-order valence-electron chi connectivity index (χ3n) is 5.47. The van der Waals surface area contributed by atoms with E-state index in [1.54, 1.807) is 0 Å². The zero-order valence-electron chi connectivity index (χ0n) is 20.9. The van der Waals surface area contributed by atoms with Crippen LogP contribution in [0.5, 0.6) is 0 Å². The molecule has 0 spiro atoms. The Balaban J connectivity index is 0.000000458. The molecule has 0 aliphatic heterocycles. The monoisotopic (exact) mass is 597 g/mol. The summed E-state index contributed by atoms with van der Waals surface area (Å²) in [6, 6.07) is 32.6. The fourth-order valence-corrected chi connectivity index (χ4v) is 8.10. The van der Waals surface area contributed by atoms with Crippen molar-refractivity contribution < 1.29 is 62.3 Å². The summed E-state index contributed by atoms with van der Waals surface area (Å²) in [4.78, 5) is 4.60. The number of aromatic nitrogens is 2. The van der Waals surface area contributed by atoms with E-state index >= 15 is 0 Å². The molecule has 1 heterocycles. The first kappa shape index (κ1) is 32.4. The summed E-state index contributed by atoms with van der Waals surface area (Å²) in [7, 11) is -9.83. The zero-order valence-corrected chi connectivity index (χ0v) is 23.3. The van der Waals surface area contributed by atoms with Crippen molar-refractivity contribution in [1.82, 2.24) is 4.98 Å². The largest absolute Gasteiger partial charge is 0.362 e. The molecule has 0 saturated carbocycles. The Hall–Kier alpha value is -2.77. The molecule has 0 amide bonds. The maximum atomic E-state index is 8.49. The molecule has 0 bridgehead atoms. The first-order chi connectivity index (χ1) is 18.1. The highest BCUT2D eigenvalue weighted by Gasteiger charge is 2.46. The van der Waals surface area contributed by atoms with Gasteiger partial charge in [-0.05, 0) is 41.4 Å². The number of nitrogens with two attached hydrogens (primary N) is 1. The molecule has 0 aliphatic carbocycles. The van der Waals surface area contributed by atoms with Crippen LogP contribution < -0.4 is 63.5 Å². The fourth-order valence-electron chi connectivity index (χ4n) is 3.86. The van der Waals surface area contributed by atoms with E-state index in [0.717, 1.165) is 17.5 Å². The van der Waals surface area contributed by atoms with Crippen LogP contribution in [-0.4, -0.2) is 4.98 Å². The number of rotatable bonds is 5. The van der Waals surface area contributed by atoms with Crippen LogP contribution in [0.4, 0.5) is 5.82 Å². The second-order valence-corrected chi connectivity index (χ2v) is 13.0. The molecule has 3 aromatic carbocycles. The van der Waals surface area contributed by atoms with Crippen molar-refractivity contribution in [2.45, 2.75) is 13.1 Å². The average Bonchev–Trinajstić information content (AvgIpc) is 2.85. The molecule has 208 valence electrons. The first-order valence-electron chi connectivity index (χ1n) is 11.0. The van der Waals surface area contributed by atoms with Crippen molar-refractivity contribution in [1.29, 1.82) is 0 Å². The number of hydrogen-bond acceptors (Lipinski definition) is 10. The molecule has 0 saturated heterocycles. The molecule has 2 N–H and O–H groups in total. The van der Waals surface area contributed by atoms with Crippen molar-refractivity contribution in [3.8, 4) is 0 Å². The predicted molar refractivity (Wildman–Crippen MR) is 123 cm³/mol. The van der Waals surface area contributed by atoms with Crippen molar-refractivity contribution in [3.05, 3.63) is 109 Å². The van der Waals surface area contributed by atoms with Crippen molar-refractivity contribution in [3.63, 3.8) is 0 Å². The lowest BCUT2D eigenvalue weighted by Crippen LogP contribution is -2.68. The standard InChI is InChI=1S/C25H25N3P.2ClHO4/c1-20-27-25(26)21(18-28(20)2)19-29(22-12-6-3-7-13-22,23-14-8-4-9-15-23)24-16-10-5-11-17-24;2*2-1(3,4)5/h3-18,26H,19H2,1-2H3;2*(H,2,3,4,5)/q+1;;/p-1. The van der Waals surface area contributed by atoms with Gasteiger partial charge in [-0.25, -0.2) is 41.8 Å². The van der Waals surface area contributed by atoms with Crippen LogP contribution in [0.25, 0.3) is 0 Å². The third-order valence-corrected chi connectivity index (χ3v) is 9.82. The topological polar surface area (TPSA) is 227 Å². The van der Waals surface area contributed by atoms with Gasteiger partial charge >= 0.3 is 0 Å². The van der Waals surface area contributed by atoms with E-state index in [0.29, 0.717) is 5.82 Å². The minimum atomic E-state index is -4.94. The van der Waals surface area contributed by atoms with Gasteiger partial charge in [0.25, 0.3) is 5.82 Å². The van der Waals surface area contributed by atoms with Gasteiger partial charge < -0.3 is 5.73 Å². The summed E-state index contributed by atoms with van der Waals surface area (Å²) >= 11 is 0. The molecule has 4 aromatic rings. The van der Waals surface area contributed by atoms with Gasteiger partial charge in [-0.3, -0.25) is 0 Å². The minimum Gasteiger partial charge on any atom is -0.362 e. The van der Waals surface area contributed by atoms with Crippen molar-refractivity contribution in [2.75, 3.05) is 5.73 Å². The Bertz CT molecular complexity index is 1190. The second-order valence-electron chi connectivity index (χ2n) is 8.04. The summed E-state index contributed by atoms with van der Waals surface area (Å²) < 4.78 is 70.0.